The van der Waals surface area contributed by atoms with E-state index in [1.54, 1.807) is 0 Å². The maximum Gasteiger partial charge on any atom is 0.473 e. The van der Waals surface area contributed by atoms with E-state index in [1.165, 1.54) is 7.11 Å². The van der Waals surface area contributed by atoms with Crippen molar-refractivity contribution in [3.8, 4) is 0 Å². The highest BCUT2D eigenvalue weighted by Gasteiger charge is 2.48. The first-order chi connectivity index (χ1) is 12.2. The minimum atomic E-state index is -4.44. The van der Waals surface area contributed by atoms with Gasteiger partial charge in [0.2, 0.25) is 0 Å². The Kier molecular flexibility index (Phi) is 8.19. The van der Waals surface area contributed by atoms with Crippen molar-refractivity contribution in [2.75, 3.05) is 13.7 Å². The second kappa shape index (κ2) is 9.52. The van der Waals surface area contributed by atoms with Crippen molar-refractivity contribution in [2.24, 2.45) is 0 Å². The predicted molar refractivity (Wildman–Crippen MR) is 95.2 cm³/mol. The molecule has 146 valence electrons. The molecule has 0 saturated carbocycles. The van der Waals surface area contributed by atoms with E-state index in [2.05, 4.69) is 0 Å². The van der Waals surface area contributed by atoms with Gasteiger partial charge in [0.25, 0.3) is 0 Å². The molecular weight excluding hydrogens is 361 g/mol. The second-order valence-corrected chi connectivity index (χ2v) is 8.12. The third-order valence-corrected chi connectivity index (χ3v) is 5.41. The van der Waals surface area contributed by atoms with Crippen LogP contribution in [0.4, 0.5) is 0 Å². The Morgan fingerprint density at radius 3 is 2.46 bits per heavy atom. The second-order valence-electron chi connectivity index (χ2n) is 6.76. The summed E-state index contributed by atoms with van der Waals surface area (Å²) >= 11 is 0. The highest BCUT2D eigenvalue weighted by atomic mass is 31.2. The standard InChI is InChI=1S/C15H27B2O8P/c1-5-9-10(6-12(16)22-9)24-26(18,19)25-13-11(7-21-8(2)3)23-15(17)14(13)20-4/h8-15H,5-7H2,1-4H3,(H,18,19)/t9?,10?,11?,12?,13?,14-,15?/m1/s1. The van der Waals surface area contributed by atoms with E-state index in [4.69, 9.17) is 43.7 Å². The summed E-state index contributed by atoms with van der Waals surface area (Å²) in [6.45, 7) is 5.76. The lowest BCUT2D eigenvalue weighted by molar-refractivity contribution is -0.0557. The molecule has 2 saturated heterocycles. The highest BCUT2D eigenvalue weighted by molar-refractivity contribution is 7.47. The first-order valence-electron chi connectivity index (χ1n) is 8.83. The molecule has 4 radical (unpaired) electrons. The lowest BCUT2D eigenvalue weighted by Gasteiger charge is -2.27. The smallest absolute Gasteiger partial charge is 0.382 e. The number of hydrogen-bond acceptors (Lipinski definition) is 7. The Hall–Kier alpha value is 0.0799. The lowest BCUT2D eigenvalue weighted by atomic mass is 9.93. The van der Waals surface area contributed by atoms with Crippen LogP contribution in [0.1, 0.15) is 33.6 Å². The van der Waals surface area contributed by atoms with Gasteiger partial charge in [0.15, 0.2) is 0 Å². The Morgan fingerprint density at radius 2 is 1.88 bits per heavy atom. The number of phosphoric ester groups is 1. The summed E-state index contributed by atoms with van der Waals surface area (Å²) in [5.74, 6) is 0. The Labute approximate surface area is 157 Å². The average molecular weight is 388 g/mol. The zero-order chi connectivity index (χ0) is 19.5. The van der Waals surface area contributed by atoms with E-state index in [0.717, 1.165) is 0 Å². The quantitative estimate of drug-likeness (QED) is 0.460. The Morgan fingerprint density at radius 1 is 1.19 bits per heavy atom. The monoisotopic (exact) mass is 388 g/mol. The SMILES string of the molecule is [B]C1CC(OP(=O)(O)OC2C(COC(C)C)OC([B])[C@@H]2OC)C(CC)O1. The molecule has 1 N–H and O–H groups in total. The third kappa shape index (κ3) is 5.79. The molecule has 0 aromatic rings. The van der Waals surface area contributed by atoms with E-state index in [0.29, 0.717) is 12.8 Å². The van der Waals surface area contributed by atoms with Crippen LogP contribution in [-0.4, -0.2) is 82.9 Å². The van der Waals surface area contributed by atoms with Gasteiger partial charge in [-0.2, -0.15) is 0 Å². The molecule has 0 aromatic heterocycles. The molecule has 26 heavy (non-hydrogen) atoms. The molecule has 0 amide bonds. The average Bonchev–Trinajstić information content (AvgIpc) is 3.03. The van der Waals surface area contributed by atoms with Crippen molar-refractivity contribution in [1.82, 2.24) is 0 Å². The molecule has 0 spiro atoms. The maximum absolute atomic E-state index is 12.6. The zero-order valence-corrected chi connectivity index (χ0v) is 16.5. The Balaban J connectivity index is 2.04. The summed E-state index contributed by atoms with van der Waals surface area (Å²) in [5.41, 5.74) is 0. The molecule has 2 aliphatic heterocycles. The number of methoxy groups -OCH3 is 1. The summed E-state index contributed by atoms with van der Waals surface area (Å²) < 4.78 is 45.1. The third-order valence-electron chi connectivity index (χ3n) is 4.37. The molecule has 0 aliphatic carbocycles. The van der Waals surface area contributed by atoms with Gasteiger partial charge in [-0.3, -0.25) is 9.05 Å². The topological polar surface area (TPSA) is 92.7 Å². The molecule has 2 heterocycles. The van der Waals surface area contributed by atoms with Gasteiger partial charge in [-0.1, -0.05) is 6.92 Å². The zero-order valence-electron chi connectivity index (χ0n) is 15.6. The fourth-order valence-corrected chi connectivity index (χ4v) is 4.32. The first kappa shape index (κ1) is 22.4. The van der Waals surface area contributed by atoms with Gasteiger partial charge in [-0.05, 0) is 26.7 Å². The molecule has 0 bridgehead atoms. The summed E-state index contributed by atoms with van der Waals surface area (Å²) in [6, 6.07) is -1.34. The Bertz CT molecular complexity index is 496. The van der Waals surface area contributed by atoms with E-state index in [9.17, 15) is 9.46 Å². The molecular formula is C15H27B2O8P. The van der Waals surface area contributed by atoms with Crippen molar-refractivity contribution in [2.45, 2.75) is 82.2 Å². The largest absolute Gasteiger partial charge is 0.473 e. The lowest BCUT2D eigenvalue weighted by Crippen LogP contribution is -2.38. The predicted octanol–water partition coefficient (Wildman–Crippen LogP) is 0.884. The van der Waals surface area contributed by atoms with Gasteiger partial charge < -0.3 is 23.8 Å². The molecule has 11 heteroatoms. The fourth-order valence-electron chi connectivity index (χ4n) is 3.14. The van der Waals surface area contributed by atoms with E-state index < -0.39 is 44.2 Å². The number of phosphoric acid groups is 1. The van der Waals surface area contributed by atoms with Crippen LogP contribution in [0, 0.1) is 0 Å². The first-order valence-corrected chi connectivity index (χ1v) is 10.3. The molecule has 8 atom stereocenters. The summed E-state index contributed by atoms with van der Waals surface area (Å²) in [5, 5.41) is 0. The molecule has 7 unspecified atom stereocenters. The molecule has 2 aliphatic rings. The van der Waals surface area contributed by atoms with Crippen LogP contribution in [0.25, 0.3) is 0 Å². The molecule has 2 fully saturated rings. The van der Waals surface area contributed by atoms with Crippen LogP contribution in [0.15, 0.2) is 0 Å². The van der Waals surface area contributed by atoms with Crippen LogP contribution in [-0.2, 0) is 32.6 Å². The molecule has 0 aromatic carbocycles. The number of ether oxygens (including phenoxy) is 4. The van der Waals surface area contributed by atoms with Crippen LogP contribution in [0.5, 0.6) is 0 Å². The van der Waals surface area contributed by atoms with E-state index >= 15 is 0 Å². The van der Waals surface area contributed by atoms with Crippen LogP contribution in [0.2, 0.25) is 0 Å². The fraction of sp³-hybridized carbons (Fsp3) is 1.00. The molecule has 2 rings (SSSR count). The van der Waals surface area contributed by atoms with Crippen LogP contribution in [0.3, 0.4) is 0 Å². The van der Waals surface area contributed by atoms with Gasteiger partial charge in [0, 0.05) is 19.1 Å². The molecule has 8 nitrogen and oxygen atoms in total. The minimum Gasteiger partial charge on any atom is -0.382 e. The van der Waals surface area contributed by atoms with Crippen molar-refractivity contribution in [1.29, 1.82) is 0 Å². The van der Waals surface area contributed by atoms with Crippen molar-refractivity contribution < 1.29 is 37.5 Å². The van der Waals surface area contributed by atoms with Gasteiger partial charge >= 0.3 is 7.82 Å². The van der Waals surface area contributed by atoms with Crippen LogP contribution >= 0.6 is 7.82 Å². The minimum absolute atomic E-state index is 0.0447. The normalized spacial score (nSPS) is 40.2. The number of hydrogen-bond donors (Lipinski definition) is 1. The van der Waals surface area contributed by atoms with Gasteiger partial charge in [0.1, 0.15) is 34.0 Å². The summed E-state index contributed by atoms with van der Waals surface area (Å²) in [4.78, 5) is 10.3. The van der Waals surface area contributed by atoms with Crippen molar-refractivity contribution in [3.63, 3.8) is 0 Å². The van der Waals surface area contributed by atoms with E-state index in [-0.39, 0.29) is 18.8 Å². The summed E-state index contributed by atoms with van der Waals surface area (Å²) in [6.07, 6.45) is -2.45. The van der Waals surface area contributed by atoms with Crippen LogP contribution < -0.4 is 0 Å². The maximum atomic E-state index is 12.6. The number of rotatable bonds is 9. The highest BCUT2D eigenvalue weighted by Crippen LogP contribution is 2.50. The summed E-state index contributed by atoms with van der Waals surface area (Å²) in [7, 11) is 8.62. The van der Waals surface area contributed by atoms with Gasteiger partial charge in [0.05, 0.1) is 24.9 Å². The van der Waals surface area contributed by atoms with Crippen molar-refractivity contribution in [3.05, 3.63) is 0 Å². The van der Waals surface area contributed by atoms with Crippen molar-refractivity contribution >= 4 is 23.5 Å². The van der Waals surface area contributed by atoms with Gasteiger partial charge in [-0.25, -0.2) is 4.57 Å². The van der Waals surface area contributed by atoms with Gasteiger partial charge in [-0.15, -0.1) is 0 Å². The van der Waals surface area contributed by atoms with E-state index in [1.807, 2.05) is 20.8 Å².